The number of H-pyrrole nitrogens is 1. The zero-order chi connectivity index (χ0) is 24.8. The van der Waals surface area contributed by atoms with Gasteiger partial charge in [0.15, 0.2) is 5.78 Å². The molecule has 0 radical (unpaired) electrons. The molecule has 0 aliphatic carbocycles. The lowest BCUT2D eigenvalue weighted by Crippen LogP contribution is -2.49. The monoisotopic (exact) mass is 504 g/mol. The van der Waals surface area contributed by atoms with Crippen molar-refractivity contribution in [1.82, 2.24) is 19.7 Å². The zero-order valence-electron chi connectivity index (χ0n) is 20.5. The van der Waals surface area contributed by atoms with Crippen molar-refractivity contribution in [2.24, 2.45) is 5.92 Å². The Morgan fingerprint density at radius 1 is 1.28 bits per heavy atom. The number of hydrogen-bond acceptors (Lipinski definition) is 5. The molecule has 0 unspecified atom stereocenters. The van der Waals surface area contributed by atoms with Gasteiger partial charge < -0.3 is 14.0 Å². The Balaban J connectivity index is 1.37. The summed E-state index contributed by atoms with van der Waals surface area (Å²) in [6.45, 7) is 5.59. The van der Waals surface area contributed by atoms with E-state index in [0.717, 1.165) is 64.3 Å². The van der Waals surface area contributed by atoms with Gasteiger partial charge in [-0.2, -0.15) is 5.10 Å². The standard InChI is InChI=1S/C28H29ClN4O3/c1-3-32-9-8-20(32)14-33-15-24(22-6-4-17(12-25(22)33)23-13-30-31-28(23)29)27(34)19-10-18-11-21(35-2)5-7-26(18)36-16-19/h4-7,11-13,15,19-20H,3,8-10,14,16H2,1-2H3,(H,30,31)/t19-,20+/m0/s1. The molecule has 2 aromatic carbocycles. The smallest absolute Gasteiger partial charge is 0.171 e. The molecule has 1 N–H and O–H groups in total. The normalized spacial score (nSPS) is 19.5. The fourth-order valence-electron chi connectivity index (χ4n) is 5.51. The van der Waals surface area contributed by atoms with Gasteiger partial charge in [0.25, 0.3) is 0 Å². The highest BCUT2D eigenvalue weighted by molar-refractivity contribution is 6.32. The maximum Gasteiger partial charge on any atom is 0.171 e. The first-order chi connectivity index (χ1) is 17.6. The predicted molar refractivity (Wildman–Crippen MR) is 140 cm³/mol. The lowest BCUT2D eigenvalue weighted by Gasteiger charge is -2.40. The molecule has 0 spiro atoms. The highest BCUT2D eigenvalue weighted by atomic mass is 35.5. The Morgan fingerprint density at radius 3 is 2.89 bits per heavy atom. The van der Waals surface area contributed by atoms with Crippen LogP contribution in [0.25, 0.3) is 22.0 Å². The van der Waals surface area contributed by atoms with Crippen LogP contribution in [0, 0.1) is 5.92 Å². The van der Waals surface area contributed by atoms with Crippen LogP contribution in [0.15, 0.2) is 48.8 Å². The third-order valence-electron chi connectivity index (χ3n) is 7.68. The Hall–Kier alpha value is -3.29. The van der Waals surface area contributed by atoms with Gasteiger partial charge >= 0.3 is 0 Å². The van der Waals surface area contributed by atoms with Crippen LogP contribution in [0.3, 0.4) is 0 Å². The van der Waals surface area contributed by atoms with Gasteiger partial charge in [0.1, 0.15) is 16.7 Å². The van der Waals surface area contributed by atoms with Crippen LogP contribution < -0.4 is 9.47 Å². The van der Waals surface area contributed by atoms with Crippen molar-refractivity contribution >= 4 is 28.3 Å². The molecule has 1 fully saturated rings. The third kappa shape index (κ3) is 3.96. The Bertz CT molecular complexity index is 1440. The number of likely N-dealkylation sites (N-methyl/N-ethyl adjacent to an activating group) is 1. The summed E-state index contributed by atoms with van der Waals surface area (Å²) in [5.41, 5.74) is 4.62. The molecule has 6 rings (SSSR count). The van der Waals surface area contributed by atoms with Crippen LogP contribution >= 0.6 is 11.6 Å². The van der Waals surface area contributed by atoms with E-state index < -0.39 is 0 Å². The summed E-state index contributed by atoms with van der Waals surface area (Å²) in [6, 6.07) is 12.4. The molecule has 4 heterocycles. The second-order valence-electron chi connectivity index (χ2n) is 9.65. The summed E-state index contributed by atoms with van der Waals surface area (Å²) < 4.78 is 13.6. The summed E-state index contributed by atoms with van der Waals surface area (Å²) in [6.07, 6.45) is 5.58. The number of hydrogen-bond donors (Lipinski definition) is 1. The number of halogens is 1. The molecule has 2 aromatic heterocycles. The van der Waals surface area contributed by atoms with Crippen molar-refractivity contribution in [3.63, 3.8) is 0 Å². The van der Waals surface area contributed by atoms with E-state index in [1.165, 1.54) is 6.42 Å². The molecular formula is C28H29ClN4O3. The number of fused-ring (bicyclic) bond motifs is 2. The lowest BCUT2D eigenvalue weighted by molar-refractivity contribution is 0.0836. The summed E-state index contributed by atoms with van der Waals surface area (Å²) in [7, 11) is 1.65. The molecule has 0 bridgehead atoms. The fraction of sp³-hybridized carbons (Fsp3) is 0.357. The first-order valence-electron chi connectivity index (χ1n) is 12.5. The first-order valence-corrected chi connectivity index (χ1v) is 12.8. The minimum atomic E-state index is -0.248. The van der Waals surface area contributed by atoms with Gasteiger partial charge in [-0.05, 0) is 54.8 Å². The predicted octanol–water partition coefficient (Wildman–Crippen LogP) is 5.22. The highest BCUT2D eigenvalue weighted by Gasteiger charge is 2.31. The first kappa shape index (κ1) is 23.1. The topological polar surface area (TPSA) is 72.4 Å². The average molecular weight is 505 g/mol. The second kappa shape index (κ2) is 9.30. The van der Waals surface area contributed by atoms with Crippen molar-refractivity contribution in [2.75, 3.05) is 26.8 Å². The number of carbonyl (C=O) groups is 1. The van der Waals surface area contributed by atoms with Gasteiger partial charge in [-0.3, -0.25) is 14.8 Å². The SMILES string of the molecule is CCN1CC[C@@H]1Cn1cc(C(=O)[C@@H]2COc3ccc(OC)cc3C2)c2ccc(-c3cn[nH]c3Cl)cc21. The molecule has 2 atom stereocenters. The van der Waals surface area contributed by atoms with Crippen LogP contribution in [0.2, 0.25) is 5.15 Å². The maximum absolute atomic E-state index is 13.9. The largest absolute Gasteiger partial charge is 0.497 e. The van der Waals surface area contributed by atoms with Crippen LogP contribution in [-0.2, 0) is 13.0 Å². The number of ether oxygens (including phenoxy) is 2. The van der Waals surface area contributed by atoms with Crippen LogP contribution in [0.1, 0.15) is 29.3 Å². The maximum atomic E-state index is 13.9. The minimum absolute atomic E-state index is 0.113. The van der Waals surface area contributed by atoms with Crippen molar-refractivity contribution in [3.8, 4) is 22.6 Å². The van der Waals surface area contributed by atoms with Crippen LogP contribution in [-0.4, -0.2) is 58.3 Å². The molecule has 1 saturated heterocycles. The Morgan fingerprint density at radius 2 is 2.17 bits per heavy atom. The molecule has 8 heteroatoms. The van der Waals surface area contributed by atoms with Crippen molar-refractivity contribution in [1.29, 1.82) is 0 Å². The summed E-state index contributed by atoms with van der Waals surface area (Å²) >= 11 is 6.33. The third-order valence-corrected chi connectivity index (χ3v) is 7.96. The van der Waals surface area contributed by atoms with Gasteiger partial charge in [0.2, 0.25) is 0 Å². The number of rotatable bonds is 7. The number of likely N-dealkylation sites (tertiary alicyclic amines) is 1. The number of benzene rings is 2. The molecule has 0 amide bonds. The van der Waals surface area contributed by atoms with E-state index in [2.05, 4.69) is 32.7 Å². The number of aromatic nitrogens is 3. The minimum Gasteiger partial charge on any atom is -0.497 e. The second-order valence-corrected chi connectivity index (χ2v) is 10.0. The number of carbonyl (C=O) groups excluding carboxylic acids is 1. The quantitative estimate of drug-likeness (QED) is 0.349. The van der Waals surface area contributed by atoms with Crippen molar-refractivity contribution in [2.45, 2.75) is 32.4 Å². The molecule has 4 aromatic rings. The molecule has 36 heavy (non-hydrogen) atoms. The van der Waals surface area contributed by atoms with Gasteiger partial charge in [-0.15, -0.1) is 0 Å². The van der Waals surface area contributed by atoms with Gasteiger partial charge in [-0.25, -0.2) is 0 Å². The zero-order valence-corrected chi connectivity index (χ0v) is 21.2. The number of methoxy groups -OCH3 is 1. The van der Waals surface area contributed by atoms with E-state index in [-0.39, 0.29) is 11.7 Å². The number of ketones is 1. The number of Topliss-reactive ketones (excluding diaryl/α,β-unsaturated/α-hetero) is 1. The van der Waals surface area contributed by atoms with Gasteiger partial charge in [-0.1, -0.05) is 30.7 Å². The van der Waals surface area contributed by atoms with E-state index in [0.29, 0.717) is 24.2 Å². The van der Waals surface area contributed by atoms with E-state index in [1.807, 2.05) is 36.5 Å². The summed E-state index contributed by atoms with van der Waals surface area (Å²) in [5.74, 6) is 1.46. The number of nitrogens with zero attached hydrogens (tertiary/aromatic N) is 3. The molecule has 2 aliphatic rings. The fourth-order valence-corrected chi connectivity index (χ4v) is 5.72. The van der Waals surface area contributed by atoms with Crippen LogP contribution in [0.4, 0.5) is 0 Å². The Labute approximate surface area is 214 Å². The average Bonchev–Trinajstić information content (AvgIpc) is 3.48. The summed E-state index contributed by atoms with van der Waals surface area (Å²) in [4.78, 5) is 16.4. The van der Waals surface area contributed by atoms with Crippen molar-refractivity contribution < 1.29 is 14.3 Å². The van der Waals surface area contributed by atoms with E-state index in [9.17, 15) is 4.79 Å². The number of aromatic amines is 1. The molecular weight excluding hydrogens is 476 g/mol. The van der Waals surface area contributed by atoms with Gasteiger partial charge in [0, 0.05) is 47.4 Å². The van der Waals surface area contributed by atoms with Crippen molar-refractivity contribution in [3.05, 3.63) is 65.1 Å². The summed E-state index contributed by atoms with van der Waals surface area (Å²) in [5, 5.41) is 8.34. The highest BCUT2D eigenvalue weighted by Crippen LogP contribution is 2.36. The van der Waals surface area contributed by atoms with Gasteiger partial charge in [0.05, 0.1) is 25.8 Å². The van der Waals surface area contributed by atoms with E-state index in [1.54, 1.807) is 13.3 Å². The Kier molecular flexibility index (Phi) is 5.97. The van der Waals surface area contributed by atoms with E-state index in [4.69, 9.17) is 21.1 Å². The molecule has 0 saturated carbocycles. The molecule has 186 valence electrons. The van der Waals surface area contributed by atoms with Crippen LogP contribution in [0.5, 0.6) is 11.5 Å². The number of nitrogens with one attached hydrogen (secondary N) is 1. The molecule has 7 nitrogen and oxygen atoms in total. The lowest BCUT2D eigenvalue weighted by atomic mass is 9.89. The molecule has 2 aliphatic heterocycles. The van der Waals surface area contributed by atoms with E-state index >= 15 is 0 Å².